The number of hydrogen-bond acceptors (Lipinski definition) is 5. The van der Waals surface area contributed by atoms with E-state index in [-0.39, 0.29) is 10.7 Å². The minimum absolute atomic E-state index is 0.00832. The predicted molar refractivity (Wildman–Crippen MR) is 129 cm³/mol. The van der Waals surface area contributed by atoms with Gasteiger partial charge in [0.25, 0.3) is 5.56 Å². The van der Waals surface area contributed by atoms with E-state index in [4.69, 9.17) is 11.6 Å². The van der Waals surface area contributed by atoms with Crippen LogP contribution in [0, 0.1) is 0 Å². The van der Waals surface area contributed by atoms with Crippen LogP contribution in [-0.2, 0) is 6.18 Å². The molecule has 2 aromatic carbocycles. The number of anilines is 1. The number of pyridine rings is 2. The molecular formula is C25H17ClF3N5O. The van der Waals surface area contributed by atoms with Gasteiger partial charge in [-0.15, -0.1) is 0 Å². The van der Waals surface area contributed by atoms with Gasteiger partial charge in [0, 0.05) is 17.6 Å². The highest BCUT2D eigenvalue weighted by molar-refractivity contribution is 6.28. The molecule has 10 heteroatoms. The molecule has 0 fully saturated rings. The summed E-state index contributed by atoms with van der Waals surface area (Å²) in [5.74, 6) is 0.337. The Morgan fingerprint density at radius 2 is 1.77 bits per heavy atom. The zero-order chi connectivity index (χ0) is 24.7. The second-order valence-corrected chi connectivity index (χ2v) is 8.23. The van der Waals surface area contributed by atoms with Crippen molar-refractivity contribution in [3.63, 3.8) is 0 Å². The van der Waals surface area contributed by atoms with Crippen LogP contribution in [0.15, 0.2) is 77.7 Å². The van der Waals surface area contributed by atoms with Gasteiger partial charge in [-0.1, -0.05) is 30.3 Å². The average Bonchev–Trinajstić information content (AvgIpc) is 2.83. The molecule has 0 bridgehead atoms. The molecule has 0 saturated heterocycles. The Hall–Kier alpha value is -3.98. The SMILES string of the molecule is C[C@H](Nc1nc(Cl)nc2cccnc12)c1cc2cccc(C(F)(F)F)c2c(=O)n1-c1ccccc1. The van der Waals surface area contributed by atoms with Crippen LogP contribution in [0.1, 0.15) is 24.2 Å². The third-order valence-electron chi connectivity index (χ3n) is 5.62. The highest BCUT2D eigenvalue weighted by Crippen LogP contribution is 2.35. The number of nitrogens with one attached hydrogen (secondary N) is 1. The third-order valence-corrected chi connectivity index (χ3v) is 5.79. The number of alkyl halides is 3. The average molecular weight is 496 g/mol. The summed E-state index contributed by atoms with van der Waals surface area (Å²) in [6.07, 6.45) is -3.09. The van der Waals surface area contributed by atoms with Gasteiger partial charge in [-0.3, -0.25) is 14.3 Å². The Balaban J connectivity index is 1.74. The molecule has 6 nitrogen and oxygen atoms in total. The summed E-state index contributed by atoms with van der Waals surface area (Å²) in [6, 6.07) is 16.7. The van der Waals surface area contributed by atoms with Crippen LogP contribution >= 0.6 is 11.6 Å². The molecule has 0 aliphatic rings. The molecule has 0 spiro atoms. The molecular weight excluding hydrogens is 479 g/mol. The number of benzene rings is 2. The van der Waals surface area contributed by atoms with Gasteiger partial charge in [-0.05, 0) is 60.3 Å². The van der Waals surface area contributed by atoms with Gasteiger partial charge in [0.05, 0.1) is 22.5 Å². The molecule has 3 heterocycles. The van der Waals surface area contributed by atoms with Crippen molar-refractivity contribution < 1.29 is 13.2 Å². The van der Waals surface area contributed by atoms with Gasteiger partial charge >= 0.3 is 6.18 Å². The van der Waals surface area contributed by atoms with Crippen LogP contribution in [0.3, 0.4) is 0 Å². The molecule has 35 heavy (non-hydrogen) atoms. The summed E-state index contributed by atoms with van der Waals surface area (Å²) in [4.78, 5) is 26.3. The van der Waals surface area contributed by atoms with Crippen molar-refractivity contribution in [3.05, 3.63) is 99.8 Å². The van der Waals surface area contributed by atoms with Crippen LogP contribution in [0.5, 0.6) is 0 Å². The fourth-order valence-corrected chi connectivity index (χ4v) is 4.27. The summed E-state index contributed by atoms with van der Waals surface area (Å²) in [5.41, 5.74) is 0.118. The Labute approximate surface area is 202 Å². The van der Waals surface area contributed by atoms with Crippen molar-refractivity contribution in [1.82, 2.24) is 19.5 Å². The number of fused-ring (bicyclic) bond motifs is 2. The fraction of sp³-hybridized carbons (Fsp3) is 0.120. The minimum Gasteiger partial charge on any atom is -0.360 e. The zero-order valence-corrected chi connectivity index (χ0v) is 19.0. The van der Waals surface area contributed by atoms with Crippen molar-refractivity contribution in [2.45, 2.75) is 19.1 Å². The molecule has 5 aromatic rings. The van der Waals surface area contributed by atoms with Crippen LogP contribution in [0.25, 0.3) is 27.5 Å². The van der Waals surface area contributed by atoms with E-state index in [0.29, 0.717) is 28.2 Å². The zero-order valence-electron chi connectivity index (χ0n) is 18.2. The van der Waals surface area contributed by atoms with Gasteiger partial charge in [-0.25, -0.2) is 4.98 Å². The fourth-order valence-electron chi connectivity index (χ4n) is 4.10. The summed E-state index contributed by atoms with van der Waals surface area (Å²) >= 11 is 6.09. The van der Waals surface area contributed by atoms with Gasteiger partial charge in [0.2, 0.25) is 5.28 Å². The number of halogens is 4. The Kier molecular flexibility index (Phi) is 5.64. The number of rotatable bonds is 4. The first-order valence-corrected chi connectivity index (χ1v) is 11.0. The molecule has 0 radical (unpaired) electrons. The van der Waals surface area contributed by atoms with Gasteiger partial charge in [0.15, 0.2) is 5.82 Å². The second kappa shape index (κ2) is 8.66. The maximum atomic E-state index is 13.8. The number of aromatic nitrogens is 4. The summed E-state index contributed by atoms with van der Waals surface area (Å²) in [6.45, 7) is 1.78. The van der Waals surface area contributed by atoms with Crippen molar-refractivity contribution in [2.24, 2.45) is 0 Å². The maximum Gasteiger partial charge on any atom is 0.417 e. The lowest BCUT2D eigenvalue weighted by atomic mass is 10.0. The molecule has 176 valence electrons. The molecule has 1 atom stereocenters. The molecule has 0 amide bonds. The highest BCUT2D eigenvalue weighted by Gasteiger charge is 2.34. The molecule has 1 N–H and O–H groups in total. The van der Waals surface area contributed by atoms with E-state index in [2.05, 4.69) is 20.3 Å². The molecule has 0 unspecified atom stereocenters. The summed E-state index contributed by atoms with van der Waals surface area (Å²) in [5, 5.41) is 3.01. The van der Waals surface area contributed by atoms with E-state index < -0.39 is 28.7 Å². The van der Waals surface area contributed by atoms with Gasteiger partial charge in [-0.2, -0.15) is 18.2 Å². The standard InChI is InChI=1S/C25H17ClF3N5O/c1-14(31-22-21-18(11-6-12-30-21)32-24(26)33-22)19-13-15-7-5-10-17(25(27,28)29)20(15)23(35)34(19)16-8-3-2-4-9-16/h2-14H,1H3,(H,31,32,33)/t14-/m0/s1. The van der Waals surface area contributed by atoms with Gasteiger partial charge < -0.3 is 5.32 Å². The van der Waals surface area contributed by atoms with E-state index in [1.807, 2.05) is 0 Å². The molecule has 0 saturated carbocycles. The van der Waals surface area contributed by atoms with E-state index >= 15 is 0 Å². The van der Waals surface area contributed by atoms with E-state index in [1.165, 1.54) is 16.7 Å². The molecule has 5 rings (SSSR count). The maximum absolute atomic E-state index is 13.8. The van der Waals surface area contributed by atoms with Gasteiger partial charge in [0.1, 0.15) is 5.52 Å². The third kappa shape index (κ3) is 4.19. The quantitative estimate of drug-likeness (QED) is 0.302. The Morgan fingerprint density at radius 1 is 1.00 bits per heavy atom. The molecule has 0 aliphatic carbocycles. The lowest BCUT2D eigenvalue weighted by molar-refractivity contribution is -0.136. The first kappa shape index (κ1) is 22.8. The van der Waals surface area contributed by atoms with E-state index in [1.54, 1.807) is 61.7 Å². The van der Waals surface area contributed by atoms with Crippen LogP contribution in [-0.4, -0.2) is 19.5 Å². The minimum atomic E-state index is -4.68. The van der Waals surface area contributed by atoms with E-state index in [9.17, 15) is 18.0 Å². The van der Waals surface area contributed by atoms with Crippen molar-refractivity contribution in [3.8, 4) is 5.69 Å². The number of nitrogens with zero attached hydrogens (tertiary/aromatic N) is 4. The predicted octanol–water partition coefficient (Wildman–Crippen LogP) is 6.17. The number of para-hydroxylation sites is 1. The van der Waals surface area contributed by atoms with Crippen molar-refractivity contribution >= 4 is 39.2 Å². The summed E-state index contributed by atoms with van der Waals surface area (Å²) in [7, 11) is 0. The topological polar surface area (TPSA) is 72.7 Å². The monoisotopic (exact) mass is 495 g/mol. The highest BCUT2D eigenvalue weighted by atomic mass is 35.5. The van der Waals surface area contributed by atoms with Crippen LogP contribution in [0.4, 0.5) is 19.0 Å². The largest absolute Gasteiger partial charge is 0.417 e. The second-order valence-electron chi connectivity index (χ2n) is 7.89. The van der Waals surface area contributed by atoms with E-state index in [0.717, 1.165) is 6.07 Å². The number of hydrogen-bond donors (Lipinski definition) is 1. The van der Waals surface area contributed by atoms with Crippen molar-refractivity contribution in [1.29, 1.82) is 0 Å². The van der Waals surface area contributed by atoms with Crippen LogP contribution in [0.2, 0.25) is 5.28 Å². The van der Waals surface area contributed by atoms with Crippen molar-refractivity contribution in [2.75, 3.05) is 5.32 Å². The normalized spacial score (nSPS) is 12.7. The molecule has 0 aliphatic heterocycles. The summed E-state index contributed by atoms with van der Waals surface area (Å²) < 4.78 is 42.6. The Morgan fingerprint density at radius 3 is 2.51 bits per heavy atom. The smallest absolute Gasteiger partial charge is 0.360 e. The van der Waals surface area contributed by atoms with Crippen LogP contribution < -0.4 is 10.9 Å². The first-order chi connectivity index (χ1) is 16.7. The first-order valence-electron chi connectivity index (χ1n) is 10.6. The Bertz CT molecular complexity index is 1620. The lowest BCUT2D eigenvalue weighted by Gasteiger charge is -2.22. The lowest BCUT2D eigenvalue weighted by Crippen LogP contribution is -2.27. The molecule has 3 aromatic heterocycles.